The second-order valence-electron chi connectivity index (χ2n) is 5.79. The first-order valence-corrected chi connectivity index (χ1v) is 8.04. The topological polar surface area (TPSA) is 111 Å². The van der Waals surface area contributed by atoms with E-state index in [4.69, 9.17) is 5.73 Å². The van der Waals surface area contributed by atoms with Crippen LogP contribution in [-0.4, -0.2) is 38.0 Å². The van der Waals surface area contributed by atoms with Gasteiger partial charge in [0.1, 0.15) is 0 Å². The summed E-state index contributed by atoms with van der Waals surface area (Å²) in [6.45, 7) is 1.17. The van der Waals surface area contributed by atoms with Crippen LogP contribution in [0.5, 0.6) is 0 Å². The van der Waals surface area contributed by atoms with Crippen molar-refractivity contribution in [2.45, 2.75) is 25.7 Å². The van der Waals surface area contributed by atoms with Gasteiger partial charge in [-0.3, -0.25) is 14.4 Å². The summed E-state index contributed by atoms with van der Waals surface area (Å²) in [4.78, 5) is 35.6. The van der Waals surface area contributed by atoms with Crippen LogP contribution < -0.4 is 16.4 Å². The molecule has 1 aromatic rings. The Morgan fingerprint density at radius 2 is 2.17 bits per heavy atom. The highest BCUT2D eigenvalue weighted by Gasteiger charge is 2.28. The number of rotatable bonds is 7. The van der Waals surface area contributed by atoms with Gasteiger partial charge in [-0.1, -0.05) is 6.07 Å². The Labute approximate surface area is 140 Å². The lowest BCUT2D eigenvalue weighted by molar-refractivity contribution is -0.143. The highest BCUT2D eigenvalue weighted by Crippen LogP contribution is 2.28. The van der Waals surface area contributed by atoms with E-state index in [2.05, 4.69) is 15.4 Å². The van der Waals surface area contributed by atoms with E-state index in [1.54, 1.807) is 12.1 Å². The Morgan fingerprint density at radius 3 is 2.88 bits per heavy atom. The number of fused-ring (bicyclic) bond motifs is 1. The van der Waals surface area contributed by atoms with Gasteiger partial charge in [0.15, 0.2) is 0 Å². The van der Waals surface area contributed by atoms with Crippen LogP contribution in [0.3, 0.4) is 0 Å². The standard InChI is InChI=1S/C17H23N3O4/c1-24-15(21)10-13-8-11-4-5-12(9-14(11)20-17(13)23)16(22)19-7-3-2-6-18/h4-5,9,13H,2-3,6-8,10,18H2,1H3,(H,19,22)(H,20,23). The molecule has 7 heteroatoms. The van der Waals surface area contributed by atoms with Crippen LogP contribution in [0, 0.1) is 5.92 Å². The smallest absolute Gasteiger partial charge is 0.306 e. The van der Waals surface area contributed by atoms with Crippen molar-refractivity contribution < 1.29 is 19.1 Å². The summed E-state index contributed by atoms with van der Waals surface area (Å²) >= 11 is 0. The molecule has 4 N–H and O–H groups in total. The van der Waals surface area contributed by atoms with Crippen LogP contribution in [0.2, 0.25) is 0 Å². The van der Waals surface area contributed by atoms with Gasteiger partial charge in [-0.15, -0.1) is 0 Å². The van der Waals surface area contributed by atoms with Gasteiger partial charge in [0, 0.05) is 17.8 Å². The Balaban J connectivity index is 2.02. The molecule has 2 amide bonds. The molecule has 2 rings (SSSR count). The summed E-state index contributed by atoms with van der Waals surface area (Å²) in [7, 11) is 1.30. The summed E-state index contributed by atoms with van der Waals surface area (Å²) in [5, 5.41) is 5.59. The lowest BCUT2D eigenvalue weighted by Gasteiger charge is -2.24. The molecule has 130 valence electrons. The summed E-state index contributed by atoms with van der Waals surface area (Å²) < 4.78 is 4.61. The molecule has 0 saturated carbocycles. The number of ether oxygens (including phenoxy) is 1. The number of amides is 2. The molecule has 24 heavy (non-hydrogen) atoms. The quantitative estimate of drug-likeness (QED) is 0.505. The van der Waals surface area contributed by atoms with E-state index in [1.807, 2.05) is 6.07 Å². The van der Waals surface area contributed by atoms with E-state index in [1.165, 1.54) is 7.11 Å². The summed E-state index contributed by atoms with van der Waals surface area (Å²) in [5.74, 6) is -1.26. The number of unbranched alkanes of at least 4 members (excludes halogenated alkanes) is 1. The SMILES string of the molecule is COC(=O)CC1Cc2ccc(C(=O)NCCCCN)cc2NC1=O. The summed E-state index contributed by atoms with van der Waals surface area (Å²) in [6.07, 6.45) is 2.20. The zero-order chi connectivity index (χ0) is 17.5. The molecular weight excluding hydrogens is 310 g/mol. The third kappa shape index (κ3) is 4.55. The average Bonchev–Trinajstić information content (AvgIpc) is 2.58. The maximum atomic E-state index is 12.1. The molecular formula is C17H23N3O4. The third-order valence-corrected chi connectivity index (χ3v) is 4.02. The lowest BCUT2D eigenvalue weighted by Crippen LogP contribution is -2.32. The highest BCUT2D eigenvalue weighted by atomic mass is 16.5. The van der Waals surface area contributed by atoms with E-state index in [0.29, 0.717) is 30.8 Å². The second-order valence-corrected chi connectivity index (χ2v) is 5.79. The number of methoxy groups -OCH3 is 1. The van der Waals surface area contributed by atoms with E-state index in [0.717, 1.165) is 18.4 Å². The van der Waals surface area contributed by atoms with Gasteiger partial charge in [-0.25, -0.2) is 0 Å². The van der Waals surface area contributed by atoms with Gasteiger partial charge in [0.05, 0.1) is 19.4 Å². The molecule has 7 nitrogen and oxygen atoms in total. The maximum Gasteiger partial charge on any atom is 0.306 e. The first-order valence-electron chi connectivity index (χ1n) is 8.04. The largest absolute Gasteiger partial charge is 0.469 e. The van der Waals surface area contributed by atoms with Crippen molar-refractivity contribution in [3.05, 3.63) is 29.3 Å². The molecule has 0 radical (unpaired) electrons. The van der Waals surface area contributed by atoms with Gasteiger partial charge in [-0.05, 0) is 43.5 Å². The van der Waals surface area contributed by atoms with Crippen LogP contribution in [-0.2, 0) is 20.7 Å². The molecule has 0 fully saturated rings. The lowest BCUT2D eigenvalue weighted by atomic mass is 9.90. The molecule has 1 aromatic carbocycles. The van der Waals surface area contributed by atoms with Crippen LogP contribution >= 0.6 is 0 Å². The first-order chi connectivity index (χ1) is 11.5. The Bertz CT molecular complexity index is 630. The molecule has 0 spiro atoms. The normalized spacial score (nSPS) is 16.1. The van der Waals surface area contributed by atoms with E-state index >= 15 is 0 Å². The fourth-order valence-electron chi connectivity index (χ4n) is 2.63. The zero-order valence-electron chi connectivity index (χ0n) is 13.8. The van der Waals surface area contributed by atoms with Crippen molar-refractivity contribution in [3.63, 3.8) is 0 Å². The number of anilines is 1. The predicted octanol–water partition coefficient (Wildman–Crippen LogP) is 0.829. The summed E-state index contributed by atoms with van der Waals surface area (Å²) in [6, 6.07) is 5.21. The Morgan fingerprint density at radius 1 is 1.38 bits per heavy atom. The number of carbonyl (C=O) groups is 3. The number of hydrogen-bond acceptors (Lipinski definition) is 5. The monoisotopic (exact) mass is 333 g/mol. The second kappa shape index (κ2) is 8.44. The average molecular weight is 333 g/mol. The third-order valence-electron chi connectivity index (χ3n) is 4.02. The molecule has 1 atom stereocenters. The van der Waals surface area contributed by atoms with Gasteiger partial charge < -0.3 is 21.1 Å². The van der Waals surface area contributed by atoms with Crippen molar-refractivity contribution in [2.75, 3.05) is 25.5 Å². The molecule has 0 aliphatic carbocycles. The number of nitrogens with two attached hydrogens (primary N) is 1. The van der Waals surface area contributed by atoms with E-state index < -0.39 is 11.9 Å². The first kappa shape index (κ1) is 17.9. The van der Waals surface area contributed by atoms with Gasteiger partial charge in [0.25, 0.3) is 5.91 Å². The van der Waals surface area contributed by atoms with Crippen molar-refractivity contribution >= 4 is 23.5 Å². The number of nitrogens with one attached hydrogen (secondary N) is 2. The van der Waals surface area contributed by atoms with Crippen LogP contribution in [0.4, 0.5) is 5.69 Å². The van der Waals surface area contributed by atoms with E-state index in [9.17, 15) is 14.4 Å². The molecule has 1 heterocycles. The number of carbonyl (C=O) groups excluding carboxylic acids is 3. The fourth-order valence-corrected chi connectivity index (χ4v) is 2.63. The van der Waals surface area contributed by atoms with Crippen LogP contribution in [0.25, 0.3) is 0 Å². The Hall–Kier alpha value is -2.41. The highest BCUT2D eigenvalue weighted by molar-refractivity contribution is 6.00. The fraction of sp³-hybridized carbons (Fsp3) is 0.471. The van der Waals surface area contributed by atoms with Crippen LogP contribution in [0.1, 0.15) is 35.2 Å². The van der Waals surface area contributed by atoms with Gasteiger partial charge in [0.2, 0.25) is 5.91 Å². The van der Waals surface area contributed by atoms with Crippen molar-refractivity contribution in [1.29, 1.82) is 0 Å². The minimum Gasteiger partial charge on any atom is -0.469 e. The predicted molar refractivity (Wildman–Crippen MR) is 89.5 cm³/mol. The number of esters is 1. The van der Waals surface area contributed by atoms with Gasteiger partial charge >= 0.3 is 5.97 Å². The van der Waals surface area contributed by atoms with E-state index in [-0.39, 0.29) is 18.2 Å². The molecule has 1 aliphatic heterocycles. The molecule has 0 aromatic heterocycles. The van der Waals surface area contributed by atoms with Gasteiger partial charge in [-0.2, -0.15) is 0 Å². The van der Waals surface area contributed by atoms with Crippen molar-refractivity contribution in [1.82, 2.24) is 5.32 Å². The molecule has 1 unspecified atom stereocenters. The Kier molecular flexibility index (Phi) is 6.31. The zero-order valence-corrected chi connectivity index (χ0v) is 13.8. The number of benzene rings is 1. The molecule has 0 bridgehead atoms. The maximum absolute atomic E-state index is 12.1. The van der Waals surface area contributed by atoms with Crippen molar-refractivity contribution in [2.24, 2.45) is 11.7 Å². The minimum atomic E-state index is -0.444. The summed E-state index contributed by atoms with van der Waals surface area (Å²) in [5.41, 5.74) is 7.43. The van der Waals surface area contributed by atoms with Crippen LogP contribution in [0.15, 0.2) is 18.2 Å². The number of hydrogen-bond donors (Lipinski definition) is 3. The molecule has 1 aliphatic rings. The molecule has 0 saturated heterocycles. The minimum absolute atomic E-state index is 0.0468. The van der Waals surface area contributed by atoms with Crippen molar-refractivity contribution in [3.8, 4) is 0 Å².